The highest BCUT2D eigenvalue weighted by Gasteiger charge is 2.11. The second-order valence-corrected chi connectivity index (χ2v) is 6.68. The summed E-state index contributed by atoms with van der Waals surface area (Å²) >= 11 is 0. The van der Waals surface area contributed by atoms with Gasteiger partial charge < -0.3 is 15.4 Å². The number of benzene rings is 3. The normalized spacial score (nSPS) is 10.3. The monoisotopic (exact) mass is 388 g/mol. The highest BCUT2D eigenvalue weighted by atomic mass is 16.5. The first-order chi connectivity index (χ1) is 14.1. The molecule has 148 valence electrons. The van der Waals surface area contributed by atoms with Gasteiger partial charge in [-0.25, -0.2) is 0 Å². The number of carbonyl (C=O) groups is 2. The second-order valence-electron chi connectivity index (χ2n) is 6.68. The summed E-state index contributed by atoms with van der Waals surface area (Å²) in [5.41, 5.74) is 3.23. The highest BCUT2D eigenvalue weighted by molar-refractivity contribution is 6.07. The summed E-state index contributed by atoms with van der Waals surface area (Å²) in [7, 11) is 0. The molecule has 5 nitrogen and oxygen atoms in total. The maximum Gasteiger partial charge on any atom is 0.255 e. The molecule has 0 aliphatic carbocycles. The van der Waals surface area contributed by atoms with Crippen molar-refractivity contribution in [3.8, 4) is 5.75 Å². The fourth-order valence-electron chi connectivity index (χ4n) is 2.85. The van der Waals surface area contributed by atoms with E-state index in [0.29, 0.717) is 34.9 Å². The van der Waals surface area contributed by atoms with Crippen molar-refractivity contribution < 1.29 is 14.3 Å². The molecule has 0 radical (unpaired) electrons. The Morgan fingerprint density at radius 2 is 1.52 bits per heavy atom. The molecule has 0 heterocycles. The Bertz CT molecular complexity index is 1010. The van der Waals surface area contributed by atoms with Crippen LogP contribution in [0, 0.1) is 6.92 Å². The molecule has 0 unspecified atom stereocenters. The van der Waals surface area contributed by atoms with Gasteiger partial charge in [-0.1, -0.05) is 37.3 Å². The molecule has 3 aromatic rings. The van der Waals surface area contributed by atoms with Crippen LogP contribution in [0.1, 0.15) is 39.6 Å². The number of rotatable bonds is 7. The van der Waals surface area contributed by atoms with E-state index < -0.39 is 0 Å². The minimum Gasteiger partial charge on any atom is -0.494 e. The summed E-state index contributed by atoms with van der Waals surface area (Å²) in [6, 6.07) is 21.5. The van der Waals surface area contributed by atoms with Gasteiger partial charge in [0.05, 0.1) is 6.61 Å². The van der Waals surface area contributed by atoms with Crippen LogP contribution in [-0.4, -0.2) is 18.4 Å². The first kappa shape index (κ1) is 20.1. The van der Waals surface area contributed by atoms with E-state index in [1.807, 2.05) is 38.1 Å². The van der Waals surface area contributed by atoms with Crippen molar-refractivity contribution in [3.63, 3.8) is 0 Å². The molecule has 2 N–H and O–H groups in total. The van der Waals surface area contributed by atoms with Gasteiger partial charge in [-0.05, 0) is 61.4 Å². The van der Waals surface area contributed by atoms with Crippen LogP contribution < -0.4 is 15.4 Å². The van der Waals surface area contributed by atoms with Crippen LogP contribution in [0.2, 0.25) is 0 Å². The minimum absolute atomic E-state index is 0.188. The zero-order valence-corrected chi connectivity index (χ0v) is 16.6. The molecule has 0 spiro atoms. The lowest BCUT2D eigenvalue weighted by molar-refractivity contribution is 0.101. The quantitative estimate of drug-likeness (QED) is 0.578. The van der Waals surface area contributed by atoms with Crippen LogP contribution in [0.25, 0.3) is 0 Å². The van der Waals surface area contributed by atoms with Gasteiger partial charge in [0.15, 0.2) is 0 Å². The molecule has 0 atom stereocenters. The van der Waals surface area contributed by atoms with Crippen molar-refractivity contribution in [1.29, 1.82) is 0 Å². The van der Waals surface area contributed by atoms with E-state index in [1.165, 1.54) is 0 Å². The Morgan fingerprint density at radius 1 is 0.828 bits per heavy atom. The van der Waals surface area contributed by atoms with Crippen LogP contribution in [-0.2, 0) is 0 Å². The molecule has 0 saturated heterocycles. The number of aryl methyl sites for hydroxylation is 1. The third kappa shape index (κ3) is 5.45. The van der Waals surface area contributed by atoms with Gasteiger partial charge >= 0.3 is 0 Å². The van der Waals surface area contributed by atoms with E-state index in [0.717, 1.165) is 12.0 Å². The average Bonchev–Trinajstić information content (AvgIpc) is 2.73. The average molecular weight is 388 g/mol. The molecule has 29 heavy (non-hydrogen) atoms. The zero-order valence-electron chi connectivity index (χ0n) is 16.6. The van der Waals surface area contributed by atoms with Crippen LogP contribution in [0.5, 0.6) is 5.75 Å². The predicted octanol–water partition coefficient (Wildman–Crippen LogP) is 5.29. The number of carbonyl (C=O) groups excluding carboxylic acids is 2. The molecule has 0 aliphatic rings. The Balaban J connectivity index is 1.69. The van der Waals surface area contributed by atoms with Gasteiger partial charge in [0, 0.05) is 22.5 Å². The number of amides is 2. The SMILES string of the molecule is CCCOc1cccc(C(=O)Nc2cccc(NC(=O)c3ccccc3C)c2)c1. The van der Waals surface area contributed by atoms with E-state index in [9.17, 15) is 9.59 Å². The third-order valence-electron chi connectivity index (χ3n) is 4.34. The van der Waals surface area contributed by atoms with Gasteiger partial charge in [-0.2, -0.15) is 0 Å². The molecule has 0 saturated carbocycles. The van der Waals surface area contributed by atoms with Gasteiger partial charge in [-0.3, -0.25) is 9.59 Å². The van der Waals surface area contributed by atoms with Crippen LogP contribution in [0.15, 0.2) is 72.8 Å². The van der Waals surface area contributed by atoms with Crippen molar-refractivity contribution in [1.82, 2.24) is 0 Å². The first-order valence-corrected chi connectivity index (χ1v) is 9.58. The Kier molecular flexibility index (Phi) is 6.63. The molecule has 0 bridgehead atoms. The zero-order chi connectivity index (χ0) is 20.6. The fraction of sp³-hybridized carbons (Fsp3) is 0.167. The van der Waals surface area contributed by atoms with Gasteiger partial charge in [-0.15, -0.1) is 0 Å². The van der Waals surface area contributed by atoms with Crippen molar-refractivity contribution >= 4 is 23.2 Å². The molecule has 5 heteroatoms. The number of hydrogen-bond donors (Lipinski definition) is 2. The van der Waals surface area contributed by atoms with Crippen molar-refractivity contribution in [2.45, 2.75) is 20.3 Å². The lowest BCUT2D eigenvalue weighted by Crippen LogP contribution is -2.14. The van der Waals surface area contributed by atoms with E-state index in [4.69, 9.17) is 4.74 Å². The van der Waals surface area contributed by atoms with Crippen LogP contribution >= 0.6 is 0 Å². The number of hydrogen-bond acceptors (Lipinski definition) is 3. The summed E-state index contributed by atoms with van der Waals surface area (Å²) in [4.78, 5) is 25.1. The molecular formula is C24H24N2O3. The topological polar surface area (TPSA) is 67.4 Å². The molecule has 0 fully saturated rings. The standard InChI is InChI=1S/C24H24N2O3/c1-3-14-29-21-12-6-9-18(15-21)23(27)25-19-10-7-11-20(16-19)26-24(28)22-13-5-4-8-17(22)2/h4-13,15-16H,3,14H2,1-2H3,(H,25,27)(H,26,28). The molecule has 0 aliphatic heterocycles. The summed E-state index contributed by atoms with van der Waals surface area (Å²) in [6.07, 6.45) is 0.900. The second kappa shape index (κ2) is 9.55. The van der Waals surface area contributed by atoms with Gasteiger partial charge in [0.2, 0.25) is 0 Å². The van der Waals surface area contributed by atoms with Crippen molar-refractivity contribution in [2.24, 2.45) is 0 Å². The largest absolute Gasteiger partial charge is 0.494 e. The van der Waals surface area contributed by atoms with Gasteiger partial charge in [0.25, 0.3) is 11.8 Å². The van der Waals surface area contributed by atoms with E-state index >= 15 is 0 Å². The molecule has 3 rings (SSSR count). The maximum atomic E-state index is 12.6. The molecule has 3 aromatic carbocycles. The summed E-state index contributed by atoms with van der Waals surface area (Å²) in [5, 5.41) is 5.74. The predicted molar refractivity (Wildman–Crippen MR) is 116 cm³/mol. The van der Waals surface area contributed by atoms with E-state index in [-0.39, 0.29) is 11.8 Å². The Morgan fingerprint density at radius 3 is 2.24 bits per heavy atom. The first-order valence-electron chi connectivity index (χ1n) is 9.58. The Labute approximate surface area is 170 Å². The lowest BCUT2D eigenvalue weighted by Gasteiger charge is -2.11. The maximum absolute atomic E-state index is 12.6. The fourth-order valence-corrected chi connectivity index (χ4v) is 2.85. The van der Waals surface area contributed by atoms with Crippen molar-refractivity contribution in [2.75, 3.05) is 17.2 Å². The third-order valence-corrected chi connectivity index (χ3v) is 4.34. The van der Waals surface area contributed by atoms with Crippen molar-refractivity contribution in [3.05, 3.63) is 89.5 Å². The van der Waals surface area contributed by atoms with E-state index in [1.54, 1.807) is 48.5 Å². The van der Waals surface area contributed by atoms with Gasteiger partial charge in [0.1, 0.15) is 5.75 Å². The lowest BCUT2D eigenvalue weighted by atomic mass is 10.1. The summed E-state index contributed by atoms with van der Waals surface area (Å²) in [6.45, 7) is 4.53. The number of nitrogens with one attached hydrogen (secondary N) is 2. The Hall–Kier alpha value is -3.60. The number of ether oxygens (including phenoxy) is 1. The molecule has 2 amide bonds. The minimum atomic E-state index is -0.241. The van der Waals surface area contributed by atoms with Crippen LogP contribution in [0.3, 0.4) is 0 Å². The summed E-state index contributed by atoms with van der Waals surface area (Å²) in [5.74, 6) is 0.237. The highest BCUT2D eigenvalue weighted by Crippen LogP contribution is 2.19. The number of anilines is 2. The molecule has 0 aromatic heterocycles. The molecular weight excluding hydrogens is 364 g/mol. The van der Waals surface area contributed by atoms with E-state index in [2.05, 4.69) is 10.6 Å². The van der Waals surface area contributed by atoms with Crippen LogP contribution in [0.4, 0.5) is 11.4 Å². The summed E-state index contributed by atoms with van der Waals surface area (Å²) < 4.78 is 5.58. The smallest absolute Gasteiger partial charge is 0.255 e.